The SMILES string of the molecule is COc1c(C(=O)N2CCN(c3ccccc3F)CC2)sc2ccc(Cl)cc12. The number of rotatable bonds is 3. The first-order chi connectivity index (χ1) is 13.1. The monoisotopic (exact) mass is 404 g/mol. The van der Waals surface area contributed by atoms with E-state index in [1.165, 1.54) is 17.4 Å². The first-order valence-corrected chi connectivity index (χ1v) is 9.82. The zero-order valence-electron chi connectivity index (χ0n) is 14.7. The van der Waals surface area contributed by atoms with Gasteiger partial charge in [-0.1, -0.05) is 23.7 Å². The highest BCUT2D eigenvalue weighted by Gasteiger charge is 2.28. The molecule has 140 valence electrons. The van der Waals surface area contributed by atoms with E-state index in [1.807, 2.05) is 23.1 Å². The number of carbonyl (C=O) groups is 1. The maximum Gasteiger partial charge on any atom is 0.267 e. The molecule has 1 aliphatic rings. The molecule has 4 nitrogen and oxygen atoms in total. The van der Waals surface area contributed by atoms with Crippen LogP contribution in [0.4, 0.5) is 10.1 Å². The summed E-state index contributed by atoms with van der Waals surface area (Å²) in [4.78, 5) is 17.4. The Bertz CT molecular complexity index is 999. The number of hydrogen-bond donors (Lipinski definition) is 0. The fraction of sp³-hybridized carbons (Fsp3) is 0.250. The second-order valence-electron chi connectivity index (χ2n) is 6.34. The van der Waals surface area contributed by atoms with Gasteiger partial charge in [-0.15, -0.1) is 11.3 Å². The molecule has 0 aliphatic carbocycles. The molecule has 0 bridgehead atoms. The predicted octanol–water partition coefficient (Wildman–Crippen LogP) is 4.66. The van der Waals surface area contributed by atoms with Crippen LogP contribution < -0.4 is 9.64 Å². The van der Waals surface area contributed by atoms with E-state index in [4.69, 9.17) is 16.3 Å². The van der Waals surface area contributed by atoms with Crippen molar-refractivity contribution in [2.24, 2.45) is 0 Å². The molecule has 0 unspecified atom stereocenters. The van der Waals surface area contributed by atoms with Crippen LogP contribution in [-0.2, 0) is 0 Å². The average molecular weight is 405 g/mol. The molecular formula is C20H18ClFN2O2S. The number of methoxy groups -OCH3 is 1. The second-order valence-corrected chi connectivity index (χ2v) is 7.82. The van der Waals surface area contributed by atoms with Crippen LogP contribution >= 0.6 is 22.9 Å². The van der Waals surface area contributed by atoms with Gasteiger partial charge in [0.1, 0.15) is 16.4 Å². The van der Waals surface area contributed by atoms with Gasteiger partial charge in [-0.05, 0) is 30.3 Å². The van der Waals surface area contributed by atoms with E-state index in [9.17, 15) is 9.18 Å². The Morgan fingerprint density at radius 3 is 2.59 bits per heavy atom. The van der Waals surface area contributed by atoms with Crippen LogP contribution in [-0.4, -0.2) is 44.1 Å². The summed E-state index contributed by atoms with van der Waals surface area (Å²) in [7, 11) is 1.56. The number of carbonyl (C=O) groups excluding carboxylic acids is 1. The lowest BCUT2D eigenvalue weighted by atomic mass is 10.2. The summed E-state index contributed by atoms with van der Waals surface area (Å²) < 4.78 is 20.5. The summed E-state index contributed by atoms with van der Waals surface area (Å²) in [5.74, 6) is 0.275. The summed E-state index contributed by atoms with van der Waals surface area (Å²) in [6.45, 7) is 2.24. The van der Waals surface area contributed by atoms with E-state index in [-0.39, 0.29) is 11.7 Å². The molecule has 1 amide bonds. The smallest absolute Gasteiger partial charge is 0.267 e. The predicted molar refractivity (Wildman–Crippen MR) is 108 cm³/mol. The standard InChI is InChI=1S/C20H18ClFN2O2S/c1-26-18-14-12-13(21)6-7-17(14)27-19(18)20(25)24-10-8-23(9-11-24)16-5-3-2-4-15(16)22/h2-7,12H,8-11H2,1H3. The molecule has 0 saturated carbocycles. The van der Waals surface area contributed by atoms with Gasteiger partial charge in [0.15, 0.2) is 0 Å². The van der Waals surface area contributed by atoms with E-state index in [1.54, 1.807) is 30.2 Å². The lowest BCUT2D eigenvalue weighted by Crippen LogP contribution is -2.48. The molecule has 2 heterocycles. The van der Waals surface area contributed by atoms with Crippen molar-refractivity contribution >= 4 is 44.6 Å². The van der Waals surface area contributed by atoms with Crippen LogP contribution in [0, 0.1) is 5.82 Å². The number of amides is 1. The molecule has 3 aromatic rings. The highest BCUT2D eigenvalue weighted by atomic mass is 35.5. The summed E-state index contributed by atoms with van der Waals surface area (Å²) in [6.07, 6.45) is 0. The largest absolute Gasteiger partial charge is 0.494 e. The molecule has 27 heavy (non-hydrogen) atoms. The number of fused-ring (bicyclic) bond motifs is 1. The lowest BCUT2D eigenvalue weighted by molar-refractivity contribution is 0.0748. The van der Waals surface area contributed by atoms with Gasteiger partial charge >= 0.3 is 0 Å². The quantitative estimate of drug-likeness (QED) is 0.636. The number of hydrogen-bond acceptors (Lipinski definition) is 4. The normalized spacial score (nSPS) is 14.6. The van der Waals surface area contributed by atoms with Gasteiger partial charge in [0.25, 0.3) is 5.91 Å². The van der Waals surface area contributed by atoms with E-state index >= 15 is 0 Å². The van der Waals surface area contributed by atoms with E-state index < -0.39 is 0 Å². The molecule has 4 rings (SSSR count). The van der Waals surface area contributed by atoms with Crippen molar-refractivity contribution in [2.75, 3.05) is 38.2 Å². The summed E-state index contributed by atoms with van der Waals surface area (Å²) in [5.41, 5.74) is 0.582. The van der Waals surface area contributed by atoms with Crippen LogP contribution in [0.2, 0.25) is 5.02 Å². The molecule has 2 aromatic carbocycles. The number of piperazine rings is 1. The summed E-state index contributed by atoms with van der Waals surface area (Å²) in [6, 6.07) is 12.3. The second kappa shape index (κ2) is 7.37. The third-order valence-corrected chi connectivity index (χ3v) is 6.14. The van der Waals surface area contributed by atoms with Crippen LogP contribution in [0.3, 0.4) is 0 Å². The lowest BCUT2D eigenvalue weighted by Gasteiger charge is -2.36. The molecule has 1 saturated heterocycles. The maximum atomic E-state index is 14.0. The Balaban J connectivity index is 1.55. The first kappa shape index (κ1) is 18.1. The minimum Gasteiger partial charge on any atom is -0.494 e. The number of halogens is 2. The zero-order chi connectivity index (χ0) is 19.0. The van der Waals surface area contributed by atoms with Crippen molar-refractivity contribution in [1.29, 1.82) is 0 Å². The molecule has 0 radical (unpaired) electrons. The molecule has 0 spiro atoms. The number of ether oxygens (including phenoxy) is 1. The third-order valence-electron chi connectivity index (χ3n) is 4.76. The van der Waals surface area contributed by atoms with Crippen molar-refractivity contribution in [1.82, 2.24) is 4.90 Å². The number of anilines is 1. The molecule has 1 aliphatic heterocycles. The highest BCUT2D eigenvalue weighted by Crippen LogP contribution is 2.39. The van der Waals surface area contributed by atoms with Gasteiger partial charge in [0.2, 0.25) is 0 Å². The van der Waals surface area contributed by atoms with Crippen molar-refractivity contribution in [2.45, 2.75) is 0 Å². The van der Waals surface area contributed by atoms with Crippen molar-refractivity contribution in [3.05, 3.63) is 58.2 Å². The van der Waals surface area contributed by atoms with Gasteiger partial charge in [0.05, 0.1) is 12.8 Å². The Kier molecular flexibility index (Phi) is 4.93. The summed E-state index contributed by atoms with van der Waals surface area (Å²) in [5, 5.41) is 1.46. The topological polar surface area (TPSA) is 32.8 Å². The molecule has 7 heteroatoms. The van der Waals surface area contributed by atoms with Gasteiger partial charge in [-0.2, -0.15) is 0 Å². The van der Waals surface area contributed by atoms with Crippen LogP contribution in [0.1, 0.15) is 9.67 Å². The van der Waals surface area contributed by atoms with Crippen molar-refractivity contribution in [3.63, 3.8) is 0 Å². The van der Waals surface area contributed by atoms with Crippen molar-refractivity contribution < 1.29 is 13.9 Å². The molecule has 0 N–H and O–H groups in total. The van der Waals surface area contributed by atoms with Crippen LogP contribution in [0.5, 0.6) is 5.75 Å². The highest BCUT2D eigenvalue weighted by molar-refractivity contribution is 7.21. The van der Waals surface area contributed by atoms with Crippen LogP contribution in [0.15, 0.2) is 42.5 Å². The van der Waals surface area contributed by atoms with Crippen molar-refractivity contribution in [3.8, 4) is 5.75 Å². The Hall–Kier alpha value is -2.31. The Morgan fingerprint density at radius 1 is 1.15 bits per heavy atom. The van der Waals surface area contributed by atoms with E-state index in [2.05, 4.69) is 0 Å². The molecule has 1 aromatic heterocycles. The van der Waals surface area contributed by atoms with E-state index in [0.29, 0.717) is 47.5 Å². The maximum absolute atomic E-state index is 14.0. The number of thiophene rings is 1. The fourth-order valence-electron chi connectivity index (χ4n) is 3.39. The first-order valence-electron chi connectivity index (χ1n) is 8.63. The number of nitrogens with zero attached hydrogens (tertiary/aromatic N) is 2. The van der Waals surface area contributed by atoms with Gasteiger partial charge in [-0.3, -0.25) is 4.79 Å². The zero-order valence-corrected chi connectivity index (χ0v) is 16.3. The third kappa shape index (κ3) is 3.35. The fourth-order valence-corrected chi connectivity index (χ4v) is 4.69. The minimum absolute atomic E-state index is 0.0580. The minimum atomic E-state index is -0.236. The average Bonchev–Trinajstić information content (AvgIpc) is 3.05. The number of benzene rings is 2. The number of para-hydroxylation sites is 1. The summed E-state index contributed by atoms with van der Waals surface area (Å²) >= 11 is 7.50. The van der Waals surface area contributed by atoms with Gasteiger partial charge < -0.3 is 14.5 Å². The van der Waals surface area contributed by atoms with Crippen LogP contribution in [0.25, 0.3) is 10.1 Å². The van der Waals surface area contributed by atoms with Gasteiger partial charge in [0, 0.05) is 41.3 Å². The van der Waals surface area contributed by atoms with Gasteiger partial charge in [-0.25, -0.2) is 4.39 Å². The molecule has 1 fully saturated rings. The molecular weight excluding hydrogens is 387 g/mol. The Morgan fingerprint density at radius 2 is 1.89 bits per heavy atom. The Labute approximate surface area is 165 Å². The molecule has 0 atom stereocenters. The van der Waals surface area contributed by atoms with E-state index in [0.717, 1.165) is 10.1 Å².